The lowest BCUT2D eigenvalue weighted by molar-refractivity contribution is -0.128. The number of Topliss-reactive ketones (excluding diaryl/α,β-unsaturated/α-hetero) is 1. The fourth-order valence-corrected chi connectivity index (χ4v) is 6.14. The van der Waals surface area contributed by atoms with Crippen LogP contribution in [0.15, 0.2) is 58.0 Å². The van der Waals surface area contributed by atoms with Crippen LogP contribution in [-0.2, 0) is 9.53 Å². The molecule has 41 heavy (non-hydrogen) atoms. The molecular formula is C30H30ClF4N3O3. The molecule has 0 aliphatic carbocycles. The zero-order chi connectivity index (χ0) is 29.5. The molecule has 1 aromatic heterocycles. The number of methoxy groups -OCH3 is 1. The Hall–Kier alpha value is -3.21. The highest BCUT2D eigenvalue weighted by Crippen LogP contribution is 2.49. The number of ether oxygens (including phenoxy) is 1. The van der Waals surface area contributed by atoms with Crippen molar-refractivity contribution in [3.63, 3.8) is 0 Å². The van der Waals surface area contributed by atoms with Gasteiger partial charge in [-0.1, -0.05) is 0 Å². The summed E-state index contributed by atoms with van der Waals surface area (Å²) in [5, 5.41) is 5.77. The number of benzene rings is 2. The van der Waals surface area contributed by atoms with Crippen LogP contribution in [0.25, 0.3) is 0 Å². The van der Waals surface area contributed by atoms with Crippen LogP contribution in [0, 0.1) is 28.7 Å². The largest absolute Gasteiger partial charge is 0.449 e. The Morgan fingerprint density at radius 3 is 2.29 bits per heavy atom. The first kappa shape index (κ1) is 29.3. The van der Waals surface area contributed by atoms with Gasteiger partial charge in [0.2, 0.25) is 0 Å². The summed E-state index contributed by atoms with van der Waals surface area (Å²) < 4.78 is 69.8. The van der Waals surface area contributed by atoms with Crippen molar-refractivity contribution in [2.24, 2.45) is 10.5 Å². The molecule has 0 N–H and O–H groups in total. The third-order valence-corrected chi connectivity index (χ3v) is 8.51. The second-order valence-corrected chi connectivity index (χ2v) is 11.4. The molecule has 3 aromatic rings. The van der Waals surface area contributed by atoms with Gasteiger partial charge in [-0.15, -0.1) is 0 Å². The number of likely N-dealkylation sites (tertiary alicyclic amines) is 1. The van der Waals surface area contributed by atoms with Gasteiger partial charge >= 0.3 is 0 Å². The topological polar surface area (TPSA) is 58.3 Å². The summed E-state index contributed by atoms with van der Waals surface area (Å²) in [7, 11) is 3.58. The number of nitrogens with zero attached hydrogens (tertiary/aromatic N) is 3. The number of hydrogen-bond donors (Lipinski definition) is 0. The van der Waals surface area contributed by atoms with Crippen molar-refractivity contribution in [3.05, 3.63) is 88.3 Å². The first-order valence-electron chi connectivity index (χ1n) is 13.2. The molecule has 0 radical (unpaired) electrons. The maximum atomic E-state index is 15.3. The van der Waals surface area contributed by atoms with Crippen LogP contribution >= 0.6 is 11.6 Å². The van der Waals surface area contributed by atoms with Gasteiger partial charge in [0.05, 0.1) is 23.9 Å². The van der Waals surface area contributed by atoms with Crippen molar-refractivity contribution in [1.82, 2.24) is 4.90 Å². The summed E-state index contributed by atoms with van der Waals surface area (Å²) in [5.41, 5.74) is -2.47. The highest BCUT2D eigenvalue weighted by atomic mass is 35.5. The lowest BCUT2D eigenvalue weighted by Crippen LogP contribution is -2.54. The first-order chi connectivity index (χ1) is 19.5. The SMILES string of the molecule is COCC1(CC(=O)C2(C)C(c3ccc(Cl)o3)C(c3ccc(F)cc3F)=NN2c2ccc(F)cc2F)CCN(C)CC1. The van der Waals surface area contributed by atoms with Gasteiger partial charge in [-0.3, -0.25) is 4.79 Å². The van der Waals surface area contributed by atoms with E-state index in [4.69, 9.17) is 20.8 Å². The number of rotatable bonds is 8. The Morgan fingerprint density at radius 1 is 1.05 bits per heavy atom. The van der Waals surface area contributed by atoms with E-state index in [0.717, 1.165) is 25.2 Å². The van der Waals surface area contributed by atoms with Crippen LogP contribution in [0.2, 0.25) is 5.22 Å². The van der Waals surface area contributed by atoms with Crippen LogP contribution in [0.4, 0.5) is 23.2 Å². The monoisotopic (exact) mass is 591 g/mol. The summed E-state index contributed by atoms with van der Waals surface area (Å²) in [6, 6.07) is 8.92. The van der Waals surface area contributed by atoms with E-state index in [1.807, 2.05) is 7.05 Å². The van der Waals surface area contributed by atoms with E-state index in [1.165, 1.54) is 23.2 Å². The van der Waals surface area contributed by atoms with Gasteiger partial charge < -0.3 is 14.1 Å². The molecule has 0 bridgehead atoms. The maximum Gasteiger partial charge on any atom is 0.193 e. The highest BCUT2D eigenvalue weighted by molar-refractivity contribution is 6.28. The molecule has 0 spiro atoms. The predicted molar refractivity (Wildman–Crippen MR) is 147 cm³/mol. The van der Waals surface area contributed by atoms with E-state index in [-0.39, 0.29) is 40.1 Å². The number of hydrogen-bond acceptors (Lipinski definition) is 6. The maximum absolute atomic E-state index is 15.3. The number of furan rings is 1. The lowest BCUT2D eigenvalue weighted by atomic mass is 9.68. The number of ketones is 1. The summed E-state index contributed by atoms with van der Waals surface area (Å²) >= 11 is 6.13. The Labute approximate surface area is 240 Å². The summed E-state index contributed by atoms with van der Waals surface area (Å²) in [6.07, 6.45) is 1.41. The fraction of sp³-hybridized carbons (Fsp3) is 0.400. The number of carbonyl (C=O) groups excluding carboxylic acids is 1. The van der Waals surface area contributed by atoms with E-state index in [1.54, 1.807) is 20.1 Å². The van der Waals surface area contributed by atoms with Gasteiger partial charge in [-0.25, -0.2) is 22.6 Å². The van der Waals surface area contributed by atoms with Crippen molar-refractivity contribution in [1.29, 1.82) is 0 Å². The fourth-order valence-electron chi connectivity index (χ4n) is 5.99. The molecular weight excluding hydrogens is 562 g/mol. The number of halogens is 5. The molecule has 1 fully saturated rings. The third kappa shape index (κ3) is 5.40. The molecule has 2 aliphatic rings. The van der Waals surface area contributed by atoms with Crippen LogP contribution < -0.4 is 5.01 Å². The van der Waals surface area contributed by atoms with Crippen molar-refractivity contribution in [2.45, 2.75) is 37.6 Å². The average Bonchev–Trinajstić information content (AvgIpc) is 3.47. The lowest BCUT2D eigenvalue weighted by Gasteiger charge is -2.43. The molecule has 6 nitrogen and oxygen atoms in total. The molecule has 2 unspecified atom stereocenters. The molecule has 0 amide bonds. The van der Waals surface area contributed by atoms with Crippen LogP contribution in [0.1, 0.15) is 43.4 Å². The van der Waals surface area contributed by atoms with Crippen molar-refractivity contribution in [3.8, 4) is 0 Å². The quantitative estimate of drug-likeness (QED) is 0.277. The molecule has 3 heterocycles. The molecule has 11 heteroatoms. The zero-order valence-corrected chi connectivity index (χ0v) is 23.7. The highest BCUT2D eigenvalue weighted by Gasteiger charge is 2.57. The normalized spacial score (nSPS) is 22.7. The van der Waals surface area contributed by atoms with Crippen LogP contribution in [-0.4, -0.2) is 55.8 Å². The summed E-state index contributed by atoms with van der Waals surface area (Å²) in [4.78, 5) is 16.8. The molecule has 218 valence electrons. The second-order valence-electron chi connectivity index (χ2n) is 11.1. The van der Waals surface area contributed by atoms with E-state index in [9.17, 15) is 13.6 Å². The van der Waals surface area contributed by atoms with Gasteiger partial charge in [-0.2, -0.15) is 5.10 Å². The smallest absolute Gasteiger partial charge is 0.193 e. The minimum absolute atomic E-state index is 0.0114. The molecule has 2 aliphatic heterocycles. The molecule has 2 atom stereocenters. The zero-order valence-electron chi connectivity index (χ0n) is 22.9. The van der Waals surface area contributed by atoms with Crippen LogP contribution in [0.5, 0.6) is 0 Å². The minimum Gasteiger partial charge on any atom is -0.449 e. The van der Waals surface area contributed by atoms with Crippen molar-refractivity contribution < 1.29 is 31.5 Å². The number of anilines is 1. The number of carbonyl (C=O) groups is 1. The van der Waals surface area contributed by atoms with Gasteiger partial charge in [-0.05, 0) is 87.9 Å². The van der Waals surface area contributed by atoms with Crippen molar-refractivity contribution in [2.75, 3.05) is 38.9 Å². The predicted octanol–water partition coefficient (Wildman–Crippen LogP) is 6.57. The molecule has 1 saturated heterocycles. The van der Waals surface area contributed by atoms with Gasteiger partial charge in [0.15, 0.2) is 16.8 Å². The Balaban J connectivity index is 1.70. The van der Waals surface area contributed by atoms with Crippen LogP contribution in [0.3, 0.4) is 0 Å². The summed E-state index contributed by atoms with van der Waals surface area (Å²) in [5.74, 6) is -4.73. The number of hydrazone groups is 1. The standard InChI is InChI=1S/C30H30ClF4N3O3/c1-29(25(39)16-30(17-40-3)10-12-37(2)13-11-30)27(24-8-9-26(31)41-24)28(20-6-4-18(32)14-21(20)34)36-38(29)23-7-5-19(33)15-22(23)35/h4-9,14-15,27H,10-13,16-17H2,1-3H3. The van der Waals surface area contributed by atoms with Gasteiger partial charge in [0, 0.05) is 36.6 Å². The van der Waals surface area contributed by atoms with Gasteiger partial charge in [0.25, 0.3) is 0 Å². The minimum atomic E-state index is -1.68. The second kappa shape index (κ2) is 11.2. The molecule has 0 saturated carbocycles. The average molecular weight is 592 g/mol. The summed E-state index contributed by atoms with van der Waals surface area (Å²) in [6.45, 7) is 3.41. The first-order valence-corrected chi connectivity index (χ1v) is 13.6. The van der Waals surface area contributed by atoms with E-state index in [2.05, 4.69) is 10.0 Å². The Kier molecular flexibility index (Phi) is 8.02. The Morgan fingerprint density at radius 2 is 1.71 bits per heavy atom. The number of piperidine rings is 1. The molecule has 2 aromatic carbocycles. The Bertz CT molecular complexity index is 1490. The van der Waals surface area contributed by atoms with E-state index >= 15 is 8.78 Å². The molecule has 5 rings (SSSR count). The third-order valence-electron chi connectivity index (χ3n) is 8.31. The van der Waals surface area contributed by atoms with E-state index in [0.29, 0.717) is 31.6 Å². The van der Waals surface area contributed by atoms with Crippen molar-refractivity contribution >= 4 is 28.8 Å². The van der Waals surface area contributed by atoms with E-state index < -0.39 is 40.1 Å². The van der Waals surface area contributed by atoms with Gasteiger partial charge in [0.1, 0.15) is 28.8 Å².